The topological polar surface area (TPSA) is 99.7 Å². The lowest BCUT2D eigenvalue weighted by molar-refractivity contribution is -0.136. The van der Waals surface area contributed by atoms with Gasteiger partial charge in [-0.3, -0.25) is 39.3 Å². The Morgan fingerprint density at radius 3 is 2.58 bits per heavy atom. The molecule has 0 saturated carbocycles. The van der Waals surface area contributed by atoms with Crippen LogP contribution in [0.15, 0.2) is 42.7 Å². The Hall–Kier alpha value is -3.36. The molecule has 1 fully saturated rings. The lowest BCUT2D eigenvalue weighted by Crippen LogP contribution is -2.54. The molecule has 8 nitrogen and oxygen atoms in total. The van der Waals surface area contributed by atoms with E-state index < -0.39 is 23.8 Å². The molecule has 4 heterocycles. The van der Waals surface area contributed by atoms with Crippen LogP contribution in [0.4, 0.5) is 0 Å². The average Bonchev–Trinajstić information content (AvgIpc) is 3.04. The van der Waals surface area contributed by atoms with Crippen LogP contribution in [0.1, 0.15) is 51.1 Å². The Bertz CT molecular complexity index is 1220. The summed E-state index contributed by atoms with van der Waals surface area (Å²) in [6.07, 6.45) is 6.68. The second-order valence-corrected chi connectivity index (χ2v) is 8.87. The van der Waals surface area contributed by atoms with E-state index in [0.717, 1.165) is 35.5 Å². The number of piperidine rings is 1. The summed E-state index contributed by atoms with van der Waals surface area (Å²) in [6.45, 7) is 2.21. The van der Waals surface area contributed by atoms with E-state index >= 15 is 0 Å². The van der Waals surface area contributed by atoms with Crippen molar-refractivity contribution in [2.45, 2.75) is 31.8 Å². The molecule has 0 spiro atoms. The number of nitrogens with zero attached hydrogens (tertiary/aromatic N) is 3. The number of hydrogen-bond donors (Lipinski definition) is 1. The predicted molar refractivity (Wildman–Crippen MR) is 120 cm³/mol. The van der Waals surface area contributed by atoms with Gasteiger partial charge in [0, 0.05) is 38.4 Å². The summed E-state index contributed by atoms with van der Waals surface area (Å²) in [5, 5.41) is 2.82. The minimum atomic E-state index is -0.954. The van der Waals surface area contributed by atoms with Crippen LogP contribution >= 0.6 is 11.6 Å². The van der Waals surface area contributed by atoms with Crippen molar-refractivity contribution < 1.29 is 19.2 Å². The number of carbonyl (C=O) groups excluding carboxylic acids is 4. The van der Waals surface area contributed by atoms with E-state index in [9.17, 15) is 19.2 Å². The number of pyridine rings is 1. The summed E-state index contributed by atoms with van der Waals surface area (Å²) in [5.74, 6) is -1.97. The summed E-state index contributed by atoms with van der Waals surface area (Å²) in [5.41, 5.74) is 3.75. The van der Waals surface area contributed by atoms with E-state index in [1.807, 2.05) is 18.3 Å². The number of amides is 4. The maximum Gasteiger partial charge on any atom is 0.262 e. The van der Waals surface area contributed by atoms with Crippen LogP contribution < -0.4 is 5.32 Å². The highest BCUT2D eigenvalue weighted by atomic mass is 35.5. The van der Waals surface area contributed by atoms with Crippen molar-refractivity contribution in [2.24, 2.45) is 0 Å². The smallest absolute Gasteiger partial charge is 0.262 e. The standard InChI is InChI=1S/C24H21ClN4O4/c25-17-10-16(11-26-12-17)15-5-7-28(8-6-15)13-14-1-2-18-19(9-14)24(33)29(23(18)32)20-3-4-21(30)27-22(20)31/h1-2,5,9-12,20H,3-4,6-8,13H2,(H,27,30,31). The van der Waals surface area contributed by atoms with Crippen molar-refractivity contribution in [1.82, 2.24) is 20.1 Å². The normalized spacial score (nSPS) is 21.2. The molecule has 9 heteroatoms. The highest BCUT2D eigenvalue weighted by Crippen LogP contribution is 2.29. The lowest BCUT2D eigenvalue weighted by atomic mass is 10.00. The Morgan fingerprint density at radius 2 is 1.85 bits per heavy atom. The van der Waals surface area contributed by atoms with E-state index in [-0.39, 0.29) is 18.7 Å². The molecule has 4 amide bonds. The summed E-state index contributed by atoms with van der Waals surface area (Å²) < 4.78 is 0. The fourth-order valence-corrected chi connectivity index (χ4v) is 4.75. The third-order valence-corrected chi connectivity index (χ3v) is 6.49. The number of nitrogens with one attached hydrogen (secondary N) is 1. The molecule has 0 bridgehead atoms. The average molecular weight is 465 g/mol. The quantitative estimate of drug-likeness (QED) is 0.697. The van der Waals surface area contributed by atoms with Gasteiger partial charge < -0.3 is 0 Å². The van der Waals surface area contributed by atoms with Crippen molar-refractivity contribution in [1.29, 1.82) is 0 Å². The van der Waals surface area contributed by atoms with Gasteiger partial charge in [-0.25, -0.2) is 0 Å². The van der Waals surface area contributed by atoms with Crippen molar-refractivity contribution in [3.8, 4) is 0 Å². The minimum Gasteiger partial charge on any atom is -0.295 e. The minimum absolute atomic E-state index is 0.102. The van der Waals surface area contributed by atoms with Gasteiger partial charge in [-0.15, -0.1) is 0 Å². The van der Waals surface area contributed by atoms with E-state index in [4.69, 9.17) is 11.6 Å². The number of halogens is 1. The monoisotopic (exact) mass is 464 g/mol. The van der Waals surface area contributed by atoms with Crippen molar-refractivity contribution >= 4 is 40.8 Å². The van der Waals surface area contributed by atoms with Gasteiger partial charge in [-0.2, -0.15) is 0 Å². The molecule has 0 aliphatic carbocycles. The van der Waals surface area contributed by atoms with E-state index in [2.05, 4.69) is 21.3 Å². The largest absolute Gasteiger partial charge is 0.295 e. The zero-order valence-electron chi connectivity index (χ0n) is 17.7. The fraction of sp³-hybridized carbons (Fsp3) is 0.292. The molecule has 33 heavy (non-hydrogen) atoms. The van der Waals surface area contributed by atoms with Crippen molar-refractivity contribution in [3.63, 3.8) is 0 Å². The predicted octanol–water partition coefficient (Wildman–Crippen LogP) is 2.43. The molecule has 1 N–H and O–H groups in total. The first-order valence-corrected chi connectivity index (χ1v) is 11.2. The number of hydrogen-bond acceptors (Lipinski definition) is 6. The van der Waals surface area contributed by atoms with Crippen molar-refractivity contribution in [3.05, 3.63) is 70.0 Å². The molecule has 3 aliphatic heterocycles. The molecule has 1 aromatic carbocycles. The van der Waals surface area contributed by atoms with Crippen LogP contribution in [0.5, 0.6) is 0 Å². The summed E-state index contributed by atoms with van der Waals surface area (Å²) >= 11 is 6.05. The number of aromatic nitrogens is 1. The van der Waals surface area contributed by atoms with Crippen LogP contribution in [0.3, 0.4) is 0 Å². The van der Waals surface area contributed by atoms with Gasteiger partial charge in [-0.05, 0) is 47.7 Å². The van der Waals surface area contributed by atoms with Gasteiger partial charge in [0.15, 0.2) is 0 Å². The first-order valence-electron chi connectivity index (χ1n) is 10.8. The zero-order valence-corrected chi connectivity index (χ0v) is 18.5. The van der Waals surface area contributed by atoms with Gasteiger partial charge in [0.2, 0.25) is 11.8 Å². The van der Waals surface area contributed by atoms with E-state index in [1.165, 1.54) is 5.57 Å². The van der Waals surface area contributed by atoms with Gasteiger partial charge in [0.05, 0.1) is 16.1 Å². The maximum atomic E-state index is 13.0. The Kier molecular flexibility index (Phi) is 5.55. The van der Waals surface area contributed by atoms with Crippen LogP contribution in [-0.4, -0.2) is 57.5 Å². The highest BCUT2D eigenvalue weighted by Gasteiger charge is 2.44. The van der Waals surface area contributed by atoms with Gasteiger partial charge in [0.1, 0.15) is 6.04 Å². The first kappa shape index (κ1) is 21.5. The highest BCUT2D eigenvalue weighted by molar-refractivity contribution is 6.30. The molecule has 1 unspecified atom stereocenters. The maximum absolute atomic E-state index is 13.0. The van der Waals surface area contributed by atoms with Crippen LogP contribution in [0.2, 0.25) is 5.02 Å². The molecule has 1 aromatic heterocycles. The Balaban J connectivity index is 1.29. The molecule has 2 aromatic rings. The molecular weight excluding hydrogens is 444 g/mol. The second-order valence-electron chi connectivity index (χ2n) is 8.43. The molecular formula is C24H21ClN4O4. The third kappa shape index (κ3) is 4.07. The summed E-state index contributed by atoms with van der Waals surface area (Å²) in [6, 6.07) is 6.19. The van der Waals surface area contributed by atoms with Crippen LogP contribution in [0, 0.1) is 0 Å². The SMILES string of the molecule is O=C1CCC(N2C(=O)c3ccc(CN4CC=C(c5cncc(Cl)c5)CC4)cc3C2=O)C(=O)N1. The number of carbonyl (C=O) groups is 4. The zero-order chi connectivity index (χ0) is 23.1. The number of benzene rings is 1. The van der Waals surface area contributed by atoms with E-state index in [1.54, 1.807) is 18.3 Å². The Morgan fingerprint density at radius 1 is 1.03 bits per heavy atom. The molecule has 168 valence electrons. The third-order valence-electron chi connectivity index (χ3n) is 6.28. The summed E-state index contributed by atoms with van der Waals surface area (Å²) in [4.78, 5) is 56.9. The van der Waals surface area contributed by atoms with Crippen LogP contribution in [-0.2, 0) is 16.1 Å². The molecule has 1 atom stereocenters. The lowest BCUT2D eigenvalue weighted by Gasteiger charge is -2.27. The molecule has 0 radical (unpaired) electrons. The first-order chi connectivity index (χ1) is 15.9. The van der Waals surface area contributed by atoms with Gasteiger partial charge >= 0.3 is 0 Å². The molecule has 5 rings (SSSR count). The van der Waals surface area contributed by atoms with Gasteiger partial charge in [-0.1, -0.05) is 23.7 Å². The number of rotatable bonds is 4. The van der Waals surface area contributed by atoms with Crippen LogP contribution in [0.25, 0.3) is 5.57 Å². The second kappa shape index (κ2) is 8.53. The molecule has 1 saturated heterocycles. The number of fused-ring (bicyclic) bond motifs is 1. The van der Waals surface area contributed by atoms with Crippen molar-refractivity contribution in [2.75, 3.05) is 13.1 Å². The Labute approximate surface area is 195 Å². The molecule has 3 aliphatic rings. The number of imide groups is 2. The fourth-order valence-electron chi connectivity index (χ4n) is 4.58. The van der Waals surface area contributed by atoms with E-state index in [0.29, 0.717) is 22.7 Å². The summed E-state index contributed by atoms with van der Waals surface area (Å²) in [7, 11) is 0. The van der Waals surface area contributed by atoms with Gasteiger partial charge in [0.25, 0.3) is 11.8 Å².